The Hall–Kier alpha value is -0.820. The first-order valence-electron chi connectivity index (χ1n) is 4.56. The number of carbonyl (C=O) groups excluding carboxylic acids is 1. The molecular weight excluding hydrogens is 206 g/mol. The second-order valence-corrected chi connectivity index (χ2v) is 4.82. The van der Waals surface area contributed by atoms with E-state index in [2.05, 4.69) is 5.32 Å². The molecule has 7 heteroatoms. The van der Waals surface area contributed by atoms with Crippen molar-refractivity contribution in [3.8, 4) is 0 Å². The van der Waals surface area contributed by atoms with Crippen LogP contribution in [-0.4, -0.2) is 38.9 Å². The number of nitrogens with one attached hydrogen (secondary N) is 2. The molecule has 0 saturated carbocycles. The fourth-order valence-corrected chi connectivity index (χ4v) is 2.54. The molecule has 6 nitrogen and oxygen atoms in total. The number of hydrogen-bond acceptors (Lipinski definition) is 3. The quantitative estimate of drug-likeness (QED) is 0.668. The summed E-state index contributed by atoms with van der Waals surface area (Å²) in [7, 11) is -2.25. The summed E-state index contributed by atoms with van der Waals surface area (Å²) in [5.41, 5.74) is 0. The summed E-state index contributed by atoms with van der Waals surface area (Å²) in [6.45, 7) is 0.985. The normalized spacial score (nSPS) is 18.9. The lowest BCUT2D eigenvalue weighted by Crippen LogP contribution is -2.48. The SMILES string of the molecule is CNC(=O)NS(=O)(=O)N1CCCCC1. The van der Waals surface area contributed by atoms with Crippen LogP contribution in [0.15, 0.2) is 0 Å². The van der Waals surface area contributed by atoms with E-state index in [0.29, 0.717) is 13.1 Å². The van der Waals surface area contributed by atoms with Crippen LogP contribution in [0.2, 0.25) is 0 Å². The van der Waals surface area contributed by atoms with Crippen molar-refractivity contribution < 1.29 is 13.2 Å². The maximum absolute atomic E-state index is 11.5. The van der Waals surface area contributed by atoms with Gasteiger partial charge in [0.15, 0.2) is 0 Å². The summed E-state index contributed by atoms with van der Waals surface area (Å²) in [4.78, 5) is 10.8. The molecule has 1 heterocycles. The van der Waals surface area contributed by atoms with Crippen molar-refractivity contribution in [3.63, 3.8) is 0 Å². The monoisotopic (exact) mass is 221 g/mol. The lowest BCUT2D eigenvalue weighted by Gasteiger charge is -2.25. The Kier molecular flexibility index (Phi) is 3.70. The standard InChI is InChI=1S/C7H15N3O3S/c1-8-7(11)9-14(12,13)10-5-3-2-4-6-10/h2-6H2,1H3,(H2,8,9,11). The van der Waals surface area contributed by atoms with E-state index in [-0.39, 0.29) is 0 Å². The van der Waals surface area contributed by atoms with Crippen LogP contribution in [0.3, 0.4) is 0 Å². The fourth-order valence-electron chi connectivity index (χ4n) is 1.34. The first kappa shape index (κ1) is 11.3. The highest BCUT2D eigenvalue weighted by Gasteiger charge is 2.24. The Morgan fingerprint density at radius 1 is 1.21 bits per heavy atom. The van der Waals surface area contributed by atoms with Crippen LogP contribution in [0.1, 0.15) is 19.3 Å². The molecule has 0 radical (unpaired) electrons. The van der Waals surface area contributed by atoms with Gasteiger partial charge in [-0.2, -0.15) is 12.7 Å². The fraction of sp³-hybridized carbons (Fsp3) is 0.857. The van der Waals surface area contributed by atoms with Crippen molar-refractivity contribution in [2.75, 3.05) is 20.1 Å². The Labute approximate surface area is 83.8 Å². The number of hydrogen-bond donors (Lipinski definition) is 2. The molecule has 1 saturated heterocycles. The molecule has 0 atom stereocenters. The molecule has 0 aliphatic carbocycles. The first-order valence-corrected chi connectivity index (χ1v) is 6.00. The maximum Gasteiger partial charge on any atom is 0.329 e. The number of urea groups is 1. The molecule has 2 amide bonds. The van der Waals surface area contributed by atoms with Crippen LogP contribution in [0.4, 0.5) is 4.79 Å². The molecule has 1 rings (SSSR count). The summed E-state index contributed by atoms with van der Waals surface area (Å²) in [6, 6.07) is -0.699. The van der Waals surface area contributed by atoms with Gasteiger partial charge in [-0.15, -0.1) is 0 Å². The van der Waals surface area contributed by atoms with Gasteiger partial charge in [0.25, 0.3) is 0 Å². The van der Waals surface area contributed by atoms with Crippen molar-refractivity contribution in [1.29, 1.82) is 0 Å². The second kappa shape index (κ2) is 4.61. The highest BCUT2D eigenvalue weighted by atomic mass is 32.2. The van der Waals surface area contributed by atoms with Gasteiger partial charge in [0.05, 0.1) is 0 Å². The molecule has 1 fully saturated rings. The van der Waals surface area contributed by atoms with Crippen molar-refractivity contribution in [1.82, 2.24) is 14.3 Å². The molecule has 1 aliphatic heterocycles. The number of amides is 2. The first-order chi connectivity index (χ1) is 6.56. The lowest BCUT2D eigenvalue weighted by molar-refractivity contribution is 0.246. The Bertz CT molecular complexity index is 295. The lowest BCUT2D eigenvalue weighted by atomic mass is 10.2. The Balaban J connectivity index is 2.59. The molecule has 82 valence electrons. The minimum absolute atomic E-state index is 0.492. The summed E-state index contributed by atoms with van der Waals surface area (Å²) in [5, 5.41) is 2.20. The van der Waals surface area contributed by atoms with Crippen LogP contribution >= 0.6 is 0 Å². The van der Waals surface area contributed by atoms with Gasteiger partial charge in [0.2, 0.25) is 0 Å². The summed E-state index contributed by atoms with van der Waals surface area (Å²) in [5.74, 6) is 0. The Morgan fingerprint density at radius 2 is 1.79 bits per heavy atom. The molecule has 0 bridgehead atoms. The van der Waals surface area contributed by atoms with Crippen molar-refractivity contribution in [2.45, 2.75) is 19.3 Å². The largest absolute Gasteiger partial charge is 0.340 e. The molecular formula is C7H15N3O3S. The van der Waals surface area contributed by atoms with E-state index in [1.54, 1.807) is 0 Å². The average Bonchev–Trinajstić information content (AvgIpc) is 2.18. The van der Waals surface area contributed by atoms with E-state index in [0.717, 1.165) is 19.3 Å². The molecule has 0 unspecified atom stereocenters. The zero-order valence-electron chi connectivity index (χ0n) is 8.12. The minimum Gasteiger partial charge on any atom is -0.340 e. The van der Waals surface area contributed by atoms with Gasteiger partial charge in [-0.1, -0.05) is 6.42 Å². The predicted octanol–water partition coefficient (Wildman–Crippen LogP) is -0.354. The van der Waals surface area contributed by atoms with Gasteiger partial charge in [0.1, 0.15) is 0 Å². The molecule has 0 aromatic rings. The van der Waals surface area contributed by atoms with E-state index in [4.69, 9.17) is 0 Å². The molecule has 1 aliphatic rings. The number of rotatable bonds is 2. The van der Waals surface area contributed by atoms with E-state index in [1.807, 2.05) is 4.72 Å². The maximum atomic E-state index is 11.5. The predicted molar refractivity (Wildman–Crippen MR) is 51.9 cm³/mol. The van der Waals surface area contributed by atoms with Crippen LogP contribution in [-0.2, 0) is 10.2 Å². The second-order valence-electron chi connectivity index (χ2n) is 3.15. The van der Waals surface area contributed by atoms with Crippen LogP contribution in [0.5, 0.6) is 0 Å². The molecule has 0 spiro atoms. The van der Waals surface area contributed by atoms with Crippen molar-refractivity contribution >= 4 is 16.2 Å². The van der Waals surface area contributed by atoms with Crippen LogP contribution < -0.4 is 10.0 Å². The average molecular weight is 221 g/mol. The third kappa shape index (κ3) is 2.85. The molecule has 14 heavy (non-hydrogen) atoms. The van der Waals surface area contributed by atoms with Gasteiger partial charge < -0.3 is 5.32 Å². The van der Waals surface area contributed by atoms with E-state index < -0.39 is 16.2 Å². The van der Waals surface area contributed by atoms with E-state index in [9.17, 15) is 13.2 Å². The van der Waals surface area contributed by atoms with Gasteiger partial charge in [-0.25, -0.2) is 9.52 Å². The van der Waals surface area contributed by atoms with Gasteiger partial charge in [-0.3, -0.25) is 0 Å². The van der Waals surface area contributed by atoms with E-state index in [1.165, 1.54) is 11.4 Å². The number of carbonyl (C=O) groups is 1. The smallest absolute Gasteiger partial charge is 0.329 e. The van der Waals surface area contributed by atoms with Crippen LogP contribution in [0.25, 0.3) is 0 Å². The van der Waals surface area contributed by atoms with Gasteiger partial charge in [-0.05, 0) is 12.8 Å². The number of nitrogens with zero attached hydrogens (tertiary/aromatic N) is 1. The molecule has 2 N–H and O–H groups in total. The minimum atomic E-state index is -3.62. The third-order valence-electron chi connectivity index (χ3n) is 2.10. The van der Waals surface area contributed by atoms with Gasteiger partial charge >= 0.3 is 16.2 Å². The molecule has 0 aromatic heterocycles. The number of piperidine rings is 1. The van der Waals surface area contributed by atoms with Crippen molar-refractivity contribution in [3.05, 3.63) is 0 Å². The van der Waals surface area contributed by atoms with Gasteiger partial charge in [0, 0.05) is 20.1 Å². The van der Waals surface area contributed by atoms with E-state index >= 15 is 0 Å². The summed E-state index contributed by atoms with van der Waals surface area (Å²) in [6.07, 6.45) is 2.76. The molecule has 0 aromatic carbocycles. The van der Waals surface area contributed by atoms with Crippen molar-refractivity contribution in [2.24, 2.45) is 0 Å². The van der Waals surface area contributed by atoms with Crippen LogP contribution in [0, 0.1) is 0 Å². The zero-order chi connectivity index (χ0) is 10.6. The topological polar surface area (TPSA) is 78.5 Å². The summed E-state index contributed by atoms with van der Waals surface area (Å²) >= 11 is 0. The highest BCUT2D eigenvalue weighted by Crippen LogP contribution is 2.11. The third-order valence-corrected chi connectivity index (χ3v) is 3.59. The highest BCUT2D eigenvalue weighted by molar-refractivity contribution is 7.87. The Morgan fingerprint density at radius 3 is 2.29 bits per heavy atom. The summed E-state index contributed by atoms with van der Waals surface area (Å²) < 4.78 is 26.2. The zero-order valence-corrected chi connectivity index (χ0v) is 8.93.